The van der Waals surface area contributed by atoms with Crippen LogP contribution in [0.25, 0.3) is 0 Å². The molecule has 1 amide bonds. The molecule has 0 atom stereocenters. The van der Waals surface area contributed by atoms with E-state index in [4.69, 9.17) is 22.1 Å². The summed E-state index contributed by atoms with van der Waals surface area (Å²) in [6, 6.07) is 6.46. The van der Waals surface area contributed by atoms with Crippen LogP contribution in [0.2, 0.25) is 5.15 Å². The molecule has 0 saturated heterocycles. The molecule has 0 aliphatic rings. The van der Waals surface area contributed by atoms with Crippen molar-refractivity contribution in [1.29, 1.82) is 0 Å². The fourth-order valence-electron chi connectivity index (χ4n) is 1.60. The van der Waals surface area contributed by atoms with Crippen LogP contribution in [0.4, 0.5) is 5.82 Å². The van der Waals surface area contributed by atoms with Gasteiger partial charge < -0.3 is 15.8 Å². The molecule has 2 aromatic heterocycles. The van der Waals surface area contributed by atoms with Crippen molar-refractivity contribution in [3.8, 4) is 5.88 Å². The second kappa shape index (κ2) is 6.21. The summed E-state index contributed by atoms with van der Waals surface area (Å²) in [6.45, 7) is 0.345. The maximum Gasteiger partial charge on any atom is 0.251 e. The number of carbonyl (C=O) groups excluding carboxylic acids is 1. The lowest BCUT2D eigenvalue weighted by atomic mass is 10.2. The van der Waals surface area contributed by atoms with Gasteiger partial charge in [-0.05, 0) is 23.8 Å². The highest BCUT2D eigenvalue weighted by Crippen LogP contribution is 2.13. The second-order valence-electron chi connectivity index (χ2n) is 3.99. The number of aromatic nitrogens is 2. The summed E-state index contributed by atoms with van der Waals surface area (Å²) in [5.41, 5.74) is 6.78. The van der Waals surface area contributed by atoms with Crippen LogP contribution in [0, 0.1) is 0 Å². The van der Waals surface area contributed by atoms with E-state index in [9.17, 15) is 4.79 Å². The van der Waals surface area contributed by atoms with Gasteiger partial charge >= 0.3 is 0 Å². The summed E-state index contributed by atoms with van der Waals surface area (Å²) in [7, 11) is 1.53. The number of nitrogen functional groups attached to an aromatic ring is 1. The van der Waals surface area contributed by atoms with Crippen LogP contribution in [0.1, 0.15) is 15.9 Å². The third kappa shape index (κ3) is 3.58. The molecule has 0 saturated carbocycles. The smallest absolute Gasteiger partial charge is 0.251 e. The molecule has 2 rings (SSSR count). The van der Waals surface area contributed by atoms with E-state index < -0.39 is 0 Å². The summed E-state index contributed by atoms with van der Waals surface area (Å²) < 4.78 is 5.01. The van der Waals surface area contributed by atoms with E-state index in [2.05, 4.69) is 15.3 Å². The van der Waals surface area contributed by atoms with Crippen LogP contribution in [0.15, 0.2) is 30.5 Å². The van der Waals surface area contributed by atoms with Crippen molar-refractivity contribution in [1.82, 2.24) is 15.3 Å². The molecule has 0 bridgehead atoms. The Kier molecular flexibility index (Phi) is 4.37. The fourth-order valence-corrected chi connectivity index (χ4v) is 1.82. The van der Waals surface area contributed by atoms with Crippen molar-refractivity contribution >= 4 is 23.3 Å². The van der Waals surface area contributed by atoms with E-state index in [0.717, 1.165) is 5.56 Å². The Balaban J connectivity index is 2.04. The number of hydrogen-bond acceptors (Lipinski definition) is 5. The molecule has 2 aromatic rings. The molecule has 104 valence electrons. The molecule has 20 heavy (non-hydrogen) atoms. The van der Waals surface area contributed by atoms with Crippen LogP contribution in [-0.2, 0) is 6.54 Å². The molecule has 0 radical (unpaired) electrons. The average Bonchev–Trinajstić information content (AvgIpc) is 2.44. The minimum Gasteiger partial charge on any atom is -0.481 e. The van der Waals surface area contributed by atoms with Crippen LogP contribution in [0.3, 0.4) is 0 Å². The molecular formula is C13H13ClN4O2. The largest absolute Gasteiger partial charge is 0.481 e. The molecule has 2 heterocycles. The van der Waals surface area contributed by atoms with Gasteiger partial charge in [-0.15, -0.1) is 0 Å². The quantitative estimate of drug-likeness (QED) is 0.836. The van der Waals surface area contributed by atoms with Gasteiger partial charge in [0.25, 0.3) is 5.91 Å². The molecule has 0 aliphatic heterocycles. The molecule has 3 N–H and O–H groups in total. The Morgan fingerprint density at radius 3 is 2.95 bits per heavy atom. The lowest BCUT2D eigenvalue weighted by Crippen LogP contribution is -2.23. The fraction of sp³-hybridized carbons (Fsp3) is 0.154. The van der Waals surface area contributed by atoms with Crippen LogP contribution >= 0.6 is 11.6 Å². The number of pyridine rings is 2. The Labute approximate surface area is 120 Å². The van der Waals surface area contributed by atoms with Gasteiger partial charge in [0.2, 0.25) is 5.88 Å². The summed E-state index contributed by atoms with van der Waals surface area (Å²) in [4.78, 5) is 19.8. The molecule has 0 aliphatic carbocycles. The summed E-state index contributed by atoms with van der Waals surface area (Å²) in [6.07, 6.45) is 1.61. The van der Waals surface area contributed by atoms with Crippen molar-refractivity contribution in [2.24, 2.45) is 0 Å². The number of anilines is 1. The number of hydrogen-bond donors (Lipinski definition) is 2. The Hall–Kier alpha value is -2.34. The summed E-state index contributed by atoms with van der Waals surface area (Å²) >= 11 is 5.76. The van der Waals surface area contributed by atoms with Crippen molar-refractivity contribution in [3.05, 3.63) is 46.7 Å². The number of carbonyl (C=O) groups is 1. The highest BCUT2D eigenvalue weighted by molar-refractivity contribution is 6.29. The van der Waals surface area contributed by atoms with Crippen LogP contribution in [0.5, 0.6) is 5.88 Å². The number of nitrogens with one attached hydrogen (secondary N) is 1. The van der Waals surface area contributed by atoms with Gasteiger partial charge in [-0.25, -0.2) is 9.97 Å². The first-order valence-corrected chi connectivity index (χ1v) is 6.16. The topological polar surface area (TPSA) is 90.1 Å². The molecule has 0 spiro atoms. The third-order valence-corrected chi connectivity index (χ3v) is 2.73. The normalized spacial score (nSPS) is 10.1. The van der Waals surface area contributed by atoms with Crippen LogP contribution < -0.4 is 15.8 Å². The summed E-state index contributed by atoms with van der Waals surface area (Å²) in [5, 5.41) is 2.94. The van der Waals surface area contributed by atoms with E-state index in [1.165, 1.54) is 19.2 Å². The maximum atomic E-state index is 12.0. The Bertz CT molecular complexity index is 613. The predicted molar refractivity (Wildman–Crippen MR) is 75.6 cm³/mol. The van der Waals surface area contributed by atoms with E-state index in [1.807, 2.05) is 0 Å². The molecule has 6 nitrogen and oxygen atoms in total. The number of methoxy groups -OCH3 is 1. The van der Waals surface area contributed by atoms with Gasteiger partial charge in [-0.1, -0.05) is 11.6 Å². The highest BCUT2D eigenvalue weighted by Gasteiger charge is 2.08. The second-order valence-corrected chi connectivity index (χ2v) is 4.38. The monoisotopic (exact) mass is 292 g/mol. The van der Waals surface area contributed by atoms with Crippen LogP contribution in [-0.4, -0.2) is 23.0 Å². The average molecular weight is 293 g/mol. The maximum absolute atomic E-state index is 12.0. The molecule has 0 fully saturated rings. The number of rotatable bonds is 4. The van der Waals surface area contributed by atoms with Crippen molar-refractivity contribution in [3.63, 3.8) is 0 Å². The van der Waals surface area contributed by atoms with Crippen molar-refractivity contribution < 1.29 is 9.53 Å². The van der Waals surface area contributed by atoms with Gasteiger partial charge in [0.1, 0.15) is 11.0 Å². The van der Waals surface area contributed by atoms with E-state index in [0.29, 0.717) is 18.0 Å². The SMILES string of the molecule is COc1cc(CNC(=O)c2cc(N)nc(Cl)c2)ccn1. The standard InChI is InChI=1S/C13H13ClN4O2/c1-20-12-4-8(2-3-16-12)7-17-13(19)9-5-10(14)18-11(15)6-9/h2-6H,7H2,1H3,(H2,15,18)(H,17,19). The van der Waals surface area contributed by atoms with Gasteiger partial charge in [0.15, 0.2) is 0 Å². The first-order chi connectivity index (χ1) is 9.58. The molecule has 0 aromatic carbocycles. The van der Waals surface area contributed by atoms with E-state index in [-0.39, 0.29) is 16.9 Å². The highest BCUT2D eigenvalue weighted by atomic mass is 35.5. The number of halogens is 1. The zero-order chi connectivity index (χ0) is 14.5. The number of nitrogens with zero attached hydrogens (tertiary/aromatic N) is 2. The van der Waals surface area contributed by atoms with Crippen molar-refractivity contribution in [2.75, 3.05) is 12.8 Å². The lowest BCUT2D eigenvalue weighted by Gasteiger charge is -2.07. The van der Waals surface area contributed by atoms with E-state index >= 15 is 0 Å². The summed E-state index contributed by atoms with van der Waals surface area (Å²) in [5.74, 6) is 0.415. The zero-order valence-electron chi connectivity index (χ0n) is 10.8. The molecular weight excluding hydrogens is 280 g/mol. The van der Waals surface area contributed by atoms with Gasteiger partial charge in [-0.3, -0.25) is 4.79 Å². The Morgan fingerprint density at radius 1 is 1.45 bits per heavy atom. The van der Waals surface area contributed by atoms with Gasteiger partial charge in [-0.2, -0.15) is 0 Å². The number of ether oxygens (including phenoxy) is 1. The predicted octanol–water partition coefficient (Wildman–Crippen LogP) is 1.65. The lowest BCUT2D eigenvalue weighted by molar-refractivity contribution is 0.0951. The van der Waals surface area contributed by atoms with Gasteiger partial charge in [0, 0.05) is 24.4 Å². The first-order valence-electron chi connectivity index (χ1n) is 5.78. The van der Waals surface area contributed by atoms with Gasteiger partial charge in [0.05, 0.1) is 7.11 Å². The zero-order valence-corrected chi connectivity index (χ0v) is 11.5. The Morgan fingerprint density at radius 2 is 2.25 bits per heavy atom. The van der Waals surface area contributed by atoms with Crippen molar-refractivity contribution in [2.45, 2.75) is 6.54 Å². The number of amides is 1. The molecule has 7 heteroatoms. The third-order valence-electron chi connectivity index (χ3n) is 2.54. The van der Waals surface area contributed by atoms with E-state index in [1.54, 1.807) is 18.3 Å². The minimum absolute atomic E-state index is 0.181. The minimum atomic E-state index is -0.281. The number of nitrogens with two attached hydrogens (primary N) is 1. The first kappa shape index (κ1) is 14.1. The molecule has 0 unspecified atom stereocenters.